The maximum absolute atomic E-state index is 5.29. The van der Waals surface area contributed by atoms with Gasteiger partial charge in [-0.05, 0) is 47.8 Å². The van der Waals surface area contributed by atoms with E-state index in [1.807, 2.05) is 25.1 Å². The molecule has 1 fully saturated rings. The van der Waals surface area contributed by atoms with Crippen molar-refractivity contribution < 1.29 is 4.74 Å². The molecule has 2 aromatic rings. The van der Waals surface area contributed by atoms with Gasteiger partial charge in [-0.15, -0.1) is 0 Å². The molecule has 3 rings (SSSR count). The van der Waals surface area contributed by atoms with E-state index in [4.69, 9.17) is 4.74 Å². The molecule has 0 bridgehead atoms. The maximum atomic E-state index is 5.29. The molecule has 0 spiro atoms. The zero-order valence-electron chi connectivity index (χ0n) is 12.4. The molecule has 1 aromatic carbocycles. The van der Waals surface area contributed by atoms with E-state index in [9.17, 15) is 0 Å². The fourth-order valence-corrected chi connectivity index (χ4v) is 3.26. The van der Waals surface area contributed by atoms with Crippen molar-refractivity contribution in [2.45, 2.75) is 38.6 Å². The van der Waals surface area contributed by atoms with E-state index in [0.29, 0.717) is 6.04 Å². The molecular weight excluding hydrogens is 330 g/mol. The zero-order chi connectivity index (χ0) is 14.8. The van der Waals surface area contributed by atoms with Crippen molar-refractivity contribution in [2.24, 2.45) is 0 Å². The van der Waals surface area contributed by atoms with Gasteiger partial charge in [-0.1, -0.05) is 12.8 Å². The Bertz CT molecular complexity index is 632. The molecule has 0 radical (unpaired) electrons. The van der Waals surface area contributed by atoms with Crippen LogP contribution in [-0.4, -0.2) is 16.7 Å². The first-order valence-corrected chi connectivity index (χ1v) is 8.12. The molecule has 0 amide bonds. The third kappa shape index (κ3) is 3.07. The number of nitrogens with zero attached hydrogens (tertiary/aromatic N) is 2. The fraction of sp³-hybridized carbons (Fsp3) is 0.438. The van der Waals surface area contributed by atoms with Gasteiger partial charge in [0.1, 0.15) is 5.75 Å². The van der Waals surface area contributed by atoms with Crippen molar-refractivity contribution in [1.82, 2.24) is 9.55 Å². The second kappa shape index (κ2) is 6.10. The van der Waals surface area contributed by atoms with E-state index in [0.717, 1.165) is 27.6 Å². The number of aryl methyl sites for hydroxylation is 1. The summed E-state index contributed by atoms with van der Waals surface area (Å²) < 4.78 is 8.58. The summed E-state index contributed by atoms with van der Waals surface area (Å²) in [6.45, 7) is 2.04. The van der Waals surface area contributed by atoms with E-state index in [-0.39, 0.29) is 0 Å². The predicted octanol–water partition coefficient (Wildman–Crippen LogP) is 4.82. The van der Waals surface area contributed by atoms with Gasteiger partial charge in [0.2, 0.25) is 5.95 Å². The summed E-state index contributed by atoms with van der Waals surface area (Å²) >= 11 is 3.58. The number of benzene rings is 1. The summed E-state index contributed by atoms with van der Waals surface area (Å²) in [5, 5.41) is 3.44. The highest BCUT2D eigenvalue weighted by molar-refractivity contribution is 9.10. The van der Waals surface area contributed by atoms with Gasteiger partial charge in [-0.25, -0.2) is 4.98 Å². The van der Waals surface area contributed by atoms with E-state index in [2.05, 4.69) is 37.0 Å². The quantitative estimate of drug-likeness (QED) is 0.859. The van der Waals surface area contributed by atoms with Gasteiger partial charge in [0.15, 0.2) is 0 Å². The Morgan fingerprint density at radius 2 is 2.10 bits per heavy atom. The van der Waals surface area contributed by atoms with Crippen LogP contribution in [-0.2, 0) is 0 Å². The highest BCUT2D eigenvalue weighted by Gasteiger charge is 2.20. The summed E-state index contributed by atoms with van der Waals surface area (Å²) in [5.41, 5.74) is 2.02. The van der Waals surface area contributed by atoms with Crippen LogP contribution in [0.25, 0.3) is 0 Å². The number of aromatic nitrogens is 2. The second-order valence-electron chi connectivity index (χ2n) is 5.52. The van der Waals surface area contributed by atoms with Gasteiger partial charge in [-0.2, -0.15) is 0 Å². The monoisotopic (exact) mass is 349 g/mol. The third-order valence-electron chi connectivity index (χ3n) is 3.99. The van der Waals surface area contributed by atoms with Gasteiger partial charge in [-0.3, -0.25) is 0 Å². The number of imidazole rings is 1. The number of hydrogen-bond donors (Lipinski definition) is 1. The van der Waals surface area contributed by atoms with Crippen LogP contribution in [0.3, 0.4) is 0 Å². The third-order valence-corrected chi connectivity index (χ3v) is 4.68. The molecule has 0 unspecified atom stereocenters. The molecule has 21 heavy (non-hydrogen) atoms. The number of nitrogens with one attached hydrogen (secondary N) is 1. The van der Waals surface area contributed by atoms with Crippen LogP contribution in [0.2, 0.25) is 0 Å². The number of methoxy groups -OCH3 is 1. The average Bonchev–Trinajstić information content (AvgIpc) is 3.10. The zero-order valence-corrected chi connectivity index (χ0v) is 14.0. The first kappa shape index (κ1) is 14.4. The van der Waals surface area contributed by atoms with Crippen LogP contribution >= 0.6 is 15.9 Å². The van der Waals surface area contributed by atoms with Gasteiger partial charge in [0.25, 0.3) is 0 Å². The van der Waals surface area contributed by atoms with Crippen LogP contribution < -0.4 is 10.1 Å². The van der Waals surface area contributed by atoms with E-state index in [1.165, 1.54) is 25.7 Å². The van der Waals surface area contributed by atoms with Crippen molar-refractivity contribution in [2.75, 3.05) is 12.4 Å². The van der Waals surface area contributed by atoms with Gasteiger partial charge < -0.3 is 14.6 Å². The Morgan fingerprint density at radius 3 is 2.81 bits per heavy atom. The van der Waals surface area contributed by atoms with E-state index >= 15 is 0 Å². The van der Waals surface area contributed by atoms with Crippen LogP contribution in [0.5, 0.6) is 5.75 Å². The lowest BCUT2D eigenvalue weighted by molar-refractivity contribution is 0.415. The molecule has 112 valence electrons. The van der Waals surface area contributed by atoms with Crippen molar-refractivity contribution in [3.05, 3.63) is 34.6 Å². The van der Waals surface area contributed by atoms with Crippen LogP contribution in [0, 0.1) is 6.92 Å². The van der Waals surface area contributed by atoms with Gasteiger partial charge >= 0.3 is 0 Å². The molecule has 1 aliphatic rings. The molecule has 0 saturated heterocycles. The smallest absolute Gasteiger partial charge is 0.207 e. The van der Waals surface area contributed by atoms with Crippen LogP contribution in [0.1, 0.15) is 37.4 Å². The summed E-state index contributed by atoms with van der Waals surface area (Å²) in [6.07, 6.45) is 7.24. The summed E-state index contributed by atoms with van der Waals surface area (Å²) in [7, 11) is 1.68. The molecule has 1 saturated carbocycles. The highest BCUT2D eigenvalue weighted by Crippen LogP contribution is 2.34. The maximum Gasteiger partial charge on any atom is 0.207 e. The number of rotatable bonds is 4. The lowest BCUT2D eigenvalue weighted by atomic mass is 10.2. The molecule has 1 N–H and O–H groups in total. The summed E-state index contributed by atoms with van der Waals surface area (Å²) in [6, 6.07) is 6.46. The molecular formula is C16H20BrN3O. The molecule has 0 aliphatic heterocycles. The number of anilines is 2. The largest absolute Gasteiger partial charge is 0.497 e. The SMILES string of the molecule is COc1ccc(Br)c(Nc2nc(C)cn2C2CCCC2)c1. The molecule has 1 aliphatic carbocycles. The molecule has 4 nitrogen and oxygen atoms in total. The van der Waals surface area contributed by atoms with Crippen molar-refractivity contribution in [3.8, 4) is 5.75 Å². The average molecular weight is 350 g/mol. The van der Waals surface area contributed by atoms with E-state index < -0.39 is 0 Å². The van der Waals surface area contributed by atoms with Crippen LogP contribution in [0.4, 0.5) is 11.6 Å². The summed E-state index contributed by atoms with van der Waals surface area (Å²) in [4.78, 5) is 4.64. The Kier molecular flexibility index (Phi) is 4.19. The molecule has 1 aromatic heterocycles. The fourth-order valence-electron chi connectivity index (χ4n) is 2.92. The second-order valence-corrected chi connectivity index (χ2v) is 6.38. The lowest BCUT2D eigenvalue weighted by Crippen LogP contribution is -2.08. The minimum absolute atomic E-state index is 0.568. The first-order valence-electron chi connectivity index (χ1n) is 7.33. The van der Waals surface area contributed by atoms with Crippen molar-refractivity contribution in [3.63, 3.8) is 0 Å². The number of ether oxygens (including phenoxy) is 1. The number of halogens is 1. The van der Waals surface area contributed by atoms with Crippen molar-refractivity contribution >= 4 is 27.6 Å². The minimum Gasteiger partial charge on any atom is -0.497 e. The topological polar surface area (TPSA) is 39.1 Å². The van der Waals surface area contributed by atoms with Crippen molar-refractivity contribution in [1.29, 1.82) is 0 Å². The number of hydrogen-bond acceptors (Lipinski definition) is 3. The van der Waals surface area contributed by atoms with E-state index in [1.54, 1.807) is 7.11 Å². The molecule has 5 heteroatoms. The molecule has 0 atom stereocenters. The van der Waals surface area contributed by atoms with Gasteiger partial charge in [0, 0.05) is 22.8 Å². The van der Waals surface area contributed by atoms with Crippen LogP contribution in [0.15, 0.2) is 28.9 Å². The molecule has 1 heterocycles. The Hall–Kier alpha value is -1.49. The first-order chi connectivity index (χ1) is 10.2. The minimum atomic E-state index is 0.568. The standard InChI is InChI=1S/C16H20BrN3O/c1-11-10-20(12-5-3-4-6-12)16(18-11)19-15-9-13(21-2)7-8-14(15)17/h7-10,12H,3-6H2,1-2H3,(H,18,19). The summed E-state index contributed by atoms with van der Waals surface area (Å²) in [5.74, 6) is 1.74. The normalized spacial score (nSPS) is 15.4. The highest BCUT2D eigenvalue weighted by atomic mass is 79.9. The Balaban J connectivity index is 1.91. The van der Waals surface area contributed by atoms with Gasteiger partial charge in [0.05, 0.1) is 18.5 Å². The Labute approximate surface area is 133 Å². The lowest BCUT2D eigenvalue weighted by Gasteiger charge is -2.16. The predicted molar refractivity (Wildman–Crippen MR) is 88.4 cm³/mol. The Morgan fingerprint density at radius 1 is 1.33 bits per heavy atom.